The van der Waals surface area contributed by atoms with Crippen molar-refractivity contribution in [2.45, 2.75) is 43.8 Å². The molecule has 2 aromatic carbocycles. The van der Waals surface area contributed by atoms with Crippen LogP contribution in [0.15, 0.2) is 59.6 Å². The number of piperazine rings is 1. The van der Waals surface area contributed by atoms with E-state index < -0.39 is 27.4 Å². The van der Waals surface area contributed by atoms with Crippen molar-refractivity contribution in [2.75, 3.05) is 89.3 Å². The fourth-order valence-electron chi connectivity index (χ4n) is 5.32. The van der Waals surface area contributed by atoms with Crippen molar-refractivity contribution >= 4 is 39.0 Å². The summed E-state index contributed by atoms with van der Waals surface area (Å²) in [4.78, 5) is 36.4. The quantitative estimate of drug-likeness (QED) is 0.143. The zero-order chi connectivity index (χ0) is 38.3. The Morgan fingerprint density at radius 2 is 1.57 bits per heavy atom. The van der Waals surface area contributed by atoms with Gasteiger partial charge in [0.25, 0.3) is 5.91 Å². The second kappa shape index (κ2) is 20.3. The van der Waals surface area contributed by atoms with Gasteiger partial charge >= 0.3 is 6.18 Å². The zero-order valence-electron chi connectivity index (χ0n) is 30.0. The molecule has 53 heavy (non-hydrogen) atoms. The van der Waals surface area contributed by atoms with Crippen LogP contribution in [0.3, 0.4) is 0 Å². The summed E-state index contributed by atoms with van der Waals surface area (Å²) in [6, 6.07) is 12.4. The topological polar surface area (TPSA) is 152 Å². The van der Waals surface area contributed by atoms with Gasteiger partial charge in [0, 0.05) is 82.4 Å². The van der Waals surface area contributed by atoms with E-state index in [2.05, 4.69) is 25.5 Å². The van der Waals surface area contributed by atoms with Crippen LogP contribution in [0.1, 0.15) is 47.7 Å². The Hall–Kier alpha value is -4.16. The number of hydrogen-bond acceptors (Lipinski definition) is 12. The first-order valence-corrected chi connectivity index (χ1v) is 19.3. The second-order valence-corrected chi connectivity index (χ2v) is 14.4. The number of amides is 1. The number of aromatic nitrogens is 2. The summed E-state index contributed by atoms with van der Waals surface area (Å²) < 4.78 is 81.6. The molecular weight excluding hydrogens is 717 g/mol. The molecule has 2 heterocycles. The van der Waals surface area contributed by atoms with E-state index in [0.717, 1.165) is 19.2 Å². The number of nitrogens with one attached hydrogen (secondary N) is 2. The van der Waals surface area contributed by atoms with Gasteiger partial charge in [-0.15, -0.1) is 0 Å². The van der Waals surface area contributed by atoms with E-state index >= 15 is 0 Å². The monoisotopic (exact) mass is 764 g/mol. The molecule has 0 spiro atoms. The first kappa shape index (κ1) is 41.6. The number of hydrogen-bond donors (Lipinski definition) is 2. The van der Waals surface area contributed by atoms with Crippen LogP contribution in [0.2, 0.25) is 0 Å². The van der Waals surface area contributed by atoms with Crippen molar-refractivity contribution in [3.63, 3.8) is 0 Å². The number of benzene rings is 2. The molecule has 2 N–H and O–H groups in total. The van der Waals surface area contributed by atoms with Gasteiger partial charge in [0.1, 0.15) is 17.2 Å². The van der Waals surface area contributed by atoms with E-state index in [4.69, 9.17) is 14.2 Å². The Labute approximate surface area is 308 Å². The van der Waals surface area contributed by atoms with Crippen LogP contribution >= 0.6 is 0 Å². The number of sulfone groups is 1. The Balaban J connectivity index is 1.17. The Morgan fingerprint density at radius 1 is 0.906 bits per heavy atom. The predicted molar refractivity (Wildman–Crippen MR) is 193 cm³/mol. The maximum Gasteiger partial charge on any atom is 0.421 e. The Kier molecular flexibility index (Phi) is 16.0. The van der Waals surface area contributed by atoms with Crippen molar-refractivity contribution < 1.29 is 45.4 Å². The van der Waals surface area contributed by atoms with Gasteiger partial charge in [0.05, 0.1) is 37.9 Å². The molecule has 1 aromatic heterocycles. The maximum atomic E-state index is 13.7. The number of alkyl halides is 3. The van der Waals surface area contributed by atoms with Gasteiger partial charge in [-0.2, -0.15) is 18.2 Å². The molecule has 290 valence electrons. The van der Waals surface area contributed by atoms with Crippen molar-refractivity contribution in [1.29, 1.82) is 0 Å². The predicted octanol–water partition coefficient (Wildman–Crippen LogP) is 4.82. The highest BCUT2D eigenvalue weighted by atomic mass is 32.2. The van der Waals surface area contributed by atoms with Gasteiger partial charge in [-0.1, -0.05) is 19.1 Å². The second-order valence-electron chi connectivity index (χ2n) is 12.4. The lowest BCUT2D eigenvalue weighted by molar-refractivity contribution is -0.137. The van der Waals surface area contributed by atoms with Crippen LogP contribution < -0.4 is 10.6 Å². The Morgan fingerprint density at radius 3 is 2.21 bits per heavy atom. The smallest absolute Gasteiger partial charge is 0.379 e. The molecule has 13 nitrogen and oxygen atoms in total. The lowest BCUT2D eigenvalue weighted by Gasteiger charge is -2.34. The van der Waals surface area contributed by atoms with Gasteiger partial charge in [-0.25, -0.2) is 13.4 Å². The van der Waals surface area contributed by atoms with Crippen molar-refractivity contribution in [1.82, 2.24) is 19.8 Å². The van der Waals surface area contributed by atoms with Crippen molar-refractivity contribution in [3.8, 4) is 0 Å². The summed E-state index contributed by atoms with van der Waals surface area (Å²) in [5, 5.41) is 5.53. The third-order valence-corrected chi connectivity index (χ3v) is 9.47. The molecule has 17 heteroatoms. The minimum absolute atomic E-state index is 0.0508. The summed E-state index contributed by atoms with van der Waals surface area (Å²) >= 11 is 0. The van der Waals surface area contributed by atoms with Gasteiger partial charge in [0.15, 0.2) is 9.84 Å². The number of ketones is 1. The highest BCUT2D eigenvalue weighted by molar-refractivity contribution is 7.90. The third kappa shape index (κ3) is 14.0. The molecule has 0 unspecified atom stereocenters. The molecule has 0 saturated carbocycles. The van der Waals surface area contributed by atoms with Crippen molar-refractivity contribution in [2.24, 2.45) is 0 Å². The van der Waals surface area contributed by atoms with E-state index in [9.17, 15) is 31.2 Å². The first-order chi connectivity index (χ1) is 25.3. The number of rotatable bonds is 21. The van der Waals surface area contributed by atoms with Gasteiger partial charge in [-0.3, -0.25) is 14.5 Å². The number of ether oxygens (including phenoxy) is 3. The largest absolute Gasteiger partial charge is 0.421 e. The lowest BCUT2D eigenvalue weighted by Crippen LogP contribution is -2.49. The van der Waals surface area contributed by atoms with E-state index in [1.807, 2.05) is 6.92 Å². The summed E-state index contributed by atoms with van der Waals surface area (Å²) in [5.74, 6) is -0.453. The molecule has 0 radical (unpaired) electrons. The van der Waals surface area contributed by atoms with Crippen LogP contribution in [0.4, 0.5) is 30.6 Å². The SMILES string of the molecule is CCC(=O)CCCOCCOCCOCCN1CCN(C(=O)c2ccc(Nc3ncc(C(F)(F)F)c(NCc4cccc(S(C)(=O)=O)c4)n3)cc2)CC1. The highest BCUT2D eigenvalue weighted by Crippen LogP contribution is 2.34. The number of nitrogens with zero attached hydrogens (tertiary/aromatic N) is 4. The van der Waals surface area contributed by atoms with Gasteiger partial charge in [0.2, 0.25) is 5.95 Å². The normalized spacial score (nSPS) is 13.9. The van der Waals surface area contributed by atoms with Crippen LogP contribution in [0.25, 0.3) is 0 Å². The van der Waals surface area contributed by atoms with Crippen LogP contribution in [0.5, 0.6) is 0 Å². The minimum Gasteiger partial charge on any atom is -0.379 e. The van der Waals surface area contributed by atoms with Crippen LogP contribution in [0, 0.1) is 0 Å². The average Bonchev–Trinajstić information content (AvgIpc) is 3.14. The zero-order valence-corrected chi connectivity index (χ0v) is 30.8. The standard InChI is InChI=1S/C36H47F3N6O7S/c1-3-30(46)7-5-18-50-20-22-52-23-21-51-19-17-44-13-15-45(16-14-44)34(47)28-9-11-29(12-10-28)42-35-41-26-32(36(37,38)39)33(43-35)40-25-27-6-4-8-31(24-27)53(2,48)49/h4,6,8-12,24,26H,3,5,7,13-23,25H2,1-2H3,(H2,40,41,42,43). The molecule has 0 atom stereocenters. The Bertz CT molecular complexity index is 1740. The van der Waals surface area contributed by atoms with E-state index in [-0.39, 0.29) is 29.1 Å². The number of anilines is 3. The van der Waals surface area contributed by atoms with E-state index in [0.29, 0.717) is 102 Å². The lowest BCUT2D eigenvalue weighted by atomic mass is 10.1. The summed E-state index contributed by atoms with van der Waals surface area (Å²) in [6.45, 7) is 8.01. The summed E-state index contributed by atoms with van der Waals surface area (Å²) in [7, 11) is -3.49. The highest BCUT2D eigenvalue weighted by Gasteiger charge is 2.35. The molecular formula is C36H47F3N6O7S. The molecule has 1 fully saturated rings. The molecule has 1 amide bonds. The fraction of sp³-hybridized carbons (Fsp3) is 0.500. The molecule has 0 aliphatic carbocycles. The van der Waals surface area contributed by atoms with Gasteiger partial charge in [-0.05, 0) is 48.4 Å². The minimum atomic E-state index is -4.73. The molecule has 0 bridgehead atoms. The fourth-order valence-corrected chi connectivity index (χ4v) is 6.01. The van der Waals surface area contributed by atoms with E-state index in [1.54, 1.807) is 35.2 Å². The third-order valence-electron chi connectivity index (χ3n) is 8.36. The molecule has 1 saturated heterocycles. The number of carbonyl (C=O) groups is 2. The van der Waals surface area contributed by atoms with Crippen molar-refractivity contribution in [3.05, 3.63) is 71.4 Å². The number of halogens is 3. The summed E-state index contributed by atoms with van der Waals surface area (Å²) in [5.41, 5.74) is 0.313. The first-order valence-electron chi connectivity index (χ1n) is 17.4. The van der Waals surface area contributed by atoms with Gasteiger partial charge < -0.3 is 29.7 Å². The van der Waals surface area contributed by atoms with E-state index in [1.165, 1.54) is 18.2 Å². The molecule has 4 rings (SSSR count). The van der Waals surface area contributed by atoms with Crippen LogP contribution in [-0.4, -0.2) is 118 Å². The number of Topliss-reactive ketones (excluding diaryl/α,β-unsaturated/α-hetero) is 1. The average molecular weight is 765 g/mol. The molecule has 3 aromatic rings. The maximum absolute atomic E-state index is 13.7. The van der Waals surface area contributed by atoms with Crippen LogP contribution in [-0.2, 0) is 41.6 Å². The summed E-state index contributed by atoms with van der Waals surface area (Å²) in [6.07, 6.45) is -1.17. The number of carbonyl (C=O) groups excluding carboxylic acids is 2. The molecule has 1 aliphatic rings. The molecule has 1 aliphatic heterocycles.